The number of carbonyl (C=O) groups excluding carboxylic acids is 1. The predicted molar refractivity (Wildman–Crippen MR) is 76.9 cm³/mol. The lowest BCUT2D eigenvalue weighted by molar-refractivity contribution is -0.141. The molecule has 6 nitrogen and oxygen atoms in total. The zero-order valence-electron chi connectivity index (χ0n) is 10.5. The molecule has 0 saturated carbocycles. The first-order valence-electron chi connectivity index (χ1n) is 5.92. The third kappa shape index (κ3) is 3.45. The highest BCUT2D eigenvalue weighted by Crippen LogP contribution is 2.32. The van der Waals surface area contributed by atoms with E-state index >= 15 is 0 Å². The average Bonchev–Trinajstić information content (AvgIpc) is 2.76. The second kappa shape index (κ2) is 6.17. The summed E-state index contributed by atoms with van der Waals surface area (Å²) in [6.45, 7) is -0.0980. The monoisotopic (exact) mass is 380 g/mol. The molecule has 3 N–H and O–H groups in total. The number of hydrogen-bond acceptors (Lipinski definition) is 3. The smallest absolute Gasteiger partial charge is 0.326 e. The molecule has 0 unspecified atom stereocenters. The Morgan fingerprint density at radius 1 is 1.48 bits per heavy atom. The van der Waals surface area contributed by atoms with Crippen molar-refractivity contribution < 1.29 is 24.2 Å². The highest BCUT2D eigenvalue weighted by Gasteiger charge is 2.39. The SMILES string of the molecule is O=C(O)[C@@H]1C[C@H](O)CN1C(=O)Nc1c(Cl)cc(F)cc1Br. The molecule has 2 atom stereocenters. The number of nitrogens with zero attached hydrogens (tertiary/aromatic N) is 1. The summed E-state index contributed by atoms with van der Waals surface area (Å²) in [5, 5.41) is 20.9. The fraction of sp³-hybridized carbons (Fsp3) is 0.333. The number of aliphatic carboxylic acids is 1. The van der Waals surface area contributed by atoms with E-state index in [2.05, 4.69) is 21.2 Å². The van der Waals surface area contributed by atoms with Crippen LogP contribution in [0.3, 0.4) is 0 Å². The van der Waals surface area contributed by atoms with Crippen LogP contribution < -0.4 is 5.32 Å². The molecular weight excluding hydrogens is 370 g/mol. The molecule has 1 saturated heterocycles. The highest BCUT2D eigenvalue weighted by molar-refractivity contribution is 9.10. The minimum absolute atomic E-state index is 0.0261. The zero-order chi connectivity index (χ0) is 15.7. The van der Waals surface area contributed by atoms with Gasteiger partial charge in [0.25, 0.3) is 0 Å². The van der Waals surface area contributed by atoms with Gasteiger partial charge in [0.1, 0.15) is 11.9 Å². The van der Waals surface area contributed by atoms with Crippen molar-refractivity contribution in [2.45, 2.75) is 18.6 Å². The number of carboxylic acids is 1. The Hall–Kier alpha value is -1.38. The van der Waals surface area contributed by atoms with E-state index < -0.39 is 30.0 Å². The lowest BCUT2D eigenvalue weighted by Gasteiger charge is -2.22. The van der Waals surface area contributed by atoms with Gasteiger partial charge in [0, 0.05) is 17.4 Å². The first-order valence-corrected chi connectivity index (χ1v) is 7.09. The second-order valence-corrected chi connectivity index (χ2v) is 5.83. The molecule has 1 aromatic carbocycles. The number of anilines is 1. The molecule has 0 spiro atoms. The van der Waals surface area contributed by atoms with Crippen molar-refractivity contribution in [1.29, 1.82) is 0 Å². The van der Waals surface area contributed by atoms with Gasteiger partial charge in [-0.3, -0.25) is 0 Å². The van der Waals surface area contributed by atoms with Gasteiger partial charge in [-0.25, -0.2) is 14.0 Å². The Kier molecular flexibility index (Phi) is 4.70. The van der Waals surface area contributed by atoms with Crippen LogP contribution in [0.2, 0.25) is 5.02 Å². The molecule has 1 fully saturated rings. The molecule has 0 bridgehead atoms. The minimum Gasteiger partial charge on any atom is -0.480 e. The van der Waals surface area contributed by atoms with Crippen LogP contribution in [-0.4, -0.2) is 45.8 Å². The maximum atomic E-state index is 13.1. The van der Waals surface area contributed by atoms with Crippen LogP contribution in [0.1, 0.15) is 6.42 Å². The van der Waals surface area contributed by atoms with E-state index in [9.17, 15) is 19.1 Å². The number of likely N-dealkylation sites (tertiary alicyclic amines) is 1. The first kappa shape index (κ1) is 16.0. The van der Waals surface area contributed by atoms with Crippen LogP contribution in [0.15, 0.2) is 16.6 Å². The van der Waals surface area contributed by atoms with Gasteiger partial charge in [-0.05, 0) is 28.1 Å². The minimum atomic E-state index is -1.20. The third-order valence-electron chi connectivity index (χ3n) is 3.06. The number of aliphatic hydroxyl groups is 1. The number of amides is 2. The largest absolute Gasteiger partial charge is 0.480 e. The van der Waals surface area contributed by atoms with Crippen molar-refractivity contribution in [3.8, 4) is 0 Å². The molecule has 1 aromatic rings. The Morgan fingerprint density at radius 2 is 2.14 bits per heavy atom. The van der Waals surface area contributed by atoms with E-state index in [1.807, 2.05) is 0 Å². The normalized spacial score (nSPS) is 21.4. The van der Waals surface area contributed by atoms with Crippen LogP contribution in [0.25, 0.3) is 0 Å². The van der Waals surface area contributed by atoms with Gasteiger partial charge in [-0.2, -0.15) is 0 Å². The molecule has 2 rings (SSSR count). The number of rotatable bonds is 2. The Bertz CT molecular complexity index is 578. The van der Waals surface area contributed by atoms with Crippen molar-refractivity contribution in [1.82, 2.24) is 4.90 Å². The Labute approximate surface area is 132 Å². The maximum absolute atomic E-state index is 13.1. The number of halogens is 3. The topological polar surface area (TPSA) is 89.9 Å². The van der Waals surface area contributed by atoms with Gasteiger partial charge in [-0.1, -0.05) is 11.6 Å². The third-order valence-corrected chi connectivity index (χ3v) is 3.99. The quantitative estimate of drug-likeness (QED) is 0.733. The van der Waals surface area contributed by atoms with Crippen LogP contribution in [-0.2, 0) is 4.79 Å². The standard InChI is InChI=1S/C12H11BrClFN2O4/c13-7-1-5(15)2-8(14)10(7)16-12(21)17-4-6(18)3-9(17)11(19)20/h1-2,6,9,18H,3-4H2,(H,16,21)(H,19,20)/t6-,9-/m0/s1. The van der Waals surface area contributed by atoms with Crippen molar-refractivity contribution in [3.05, 3.63) is 27.4 Å². The Balaban J connectivity index is 2.20. The van der Waals surface area contributed by atoms with Gasteiger partial charge < -0.3 is 20.4 Å². The number of carbonyl (C=O) groups is 2. The fourth-order valence-corrected chi connectivity index (χ4v) is 3.01. The molecule has 1 aliphatic rings. The highest BCUT2D eigenvalue weighted by atomic mass is 79.9. The summed E-state index contributed by atoms with van der Waals surface area (Å²) >= 11 is 8.91. The van der Waals surface area contributed by atoms with Crippen LogP contribution >= 0.6 is 27.5 Å². The van der Waals surface area contributed by atoms with E-state index in [4.69, 9.17) is 16.7 Å². The van der Waals surface area contributed by atoms with E-state index in [-0.39, 0.29) is 28.1 Å². The molecule has 1 heterocycles. The Morgan fingerprint density at radius 3 is 2.71 bits per heavy atom. The number of β-amino-alcohol motifs (C(OH)–C–C–N with tert-alkyl or cyclic N) is 1. The summed E-state index contributed by atoms with van der Waals surface area (Å²) in [5.74, 6) is -1.78. The number of urea groups is 1. The van der Waals surface area contributed by atoms with Gasteiger partial charge in [0.15, 0.2) is 0 Å². The first-order chi connectivity index (χ1) is 9.79. The van der Waals surface area contributed by atoms with E-state index in [1.54, 1.807) is 0 Å². The summed E-state index contributed by atoms with van der Waals surface area (Å²) in [6, 6.07) is 0.302. The molecule has 21 heavy (non-hydrogen) atoms. The van der Waals surface area contributed by atoms with Crippen LogP contribution in [0, 0.1) is 5.82 Å². The van der Waals surface area contributed by atoms with Gasteiger partial charge >= 0.3 is 12.0 Å². The van der Waals surface area contributed by atoms with Crippen molar-refractivity contribution >= 4 is 45.2 Å². The fourth-order valence-electron chi connectivity index (χ4n) is 2.11. The van der Waals surface area contributed by atoms with Gasteiger partial charge in [0.05, 0.1) is 16.8 Å². The molecule has 114 valence electrons. The molecule has 1 aliphatic heterocycles. The van der Waals surface area contributed by atoms with E-state index in [0.29, 0.717) is 0 Å². The summed E-state index contributed by atoms with van der Waals surface area (Å²) in [7, 11) is 0. The molecular formula is C12H11BrClFN2O4. The second-order valence-electron chi connectivity index (χ2n) is 4.57. The molecule has 0 aliphatic carbocycles. The number of carboxylic acid groups (broad SMARTS) is 1. The maximum Gasteiger partial charge on any atom is 0.326 e. The summed E-state index contributed by atoms with van der Waals surface area (Å²) < 4.78 is 13.3. The molecule has 0 aromatic heterocycles. The summed E-state index contributed by atoms with van der Waals surface area (Å²) in [6.07, 6.45) is -0.940. The van der Waals surface area contributed by atoms with E-state index in [0.717, 1.165) is 17.0 Å². The van der Waals surface area contributed by atoms with Crippen LogP contribution in [0.5, 0.6) is 0 Å². The number of hydrogen-bond donors (Lipinski definition) is 3. The van der Waals surface area contributed by atoms with Crippen LogP contribution in [0.4, 0.5) is 14.9 Å². The number of nitrogens with one attached hydrogen (secondary N) is 1. The number of benzene rings is 1. The van der Waals surface area contributed by atoms with Crippen molar-refractivity contribution in [2.24, 2.45) is 0 Å². The van der Waals surface area contributed by atoms with E-state index in [1.165, 1.54) is 0 Å². The molecule has 0 radical (unpaired) electrons. The van der Waals surface area contributed by atoms with Gasteiger partial charge in [-0.15, -0.1) is 0 Å². The van der Waals surface area contributed by atoms with Gasteiger partial charge in [0.2, 0.25) is 0 Å². The average molecular weight is 382 g/mol. The number of aliphatic hydroxyl groups excluding tert-OH is 1. The van der Waals surface area contributed by atoms with Crippen molar-refractivity contribution in [3.63, 3.8) is 0 Å². The lowest BCUT2D eigenvalue weighted by atomic mass is 10.2. The zero-order valence-corrected chi connectivity index (χ0v) is 12.9. The summed E-state index contributed by atoms with van der Waals surface area (Å²) in [4.78, 5) is 24.2. The lowest BCUT2D eigenvalue weighted by Crippen LogP contribution is -2.43. The summed E-state index contributed by atoms with van der Waals surface area (Å²) in [5.41, 5.74) is 0.133. The molecule has 9 heteroatoms. The molecule has 2 amide bonds. The predicted octanol–water partition coefficient (Wildman–Crippen LogP) is 2.29. The van der Waals surface area contributed by atoms with Crippen molar-refractivity contribution in [2.75, 3.05) is 11.9 Å².